The highest BCUT2D eigenvalue weighted by atomic mass is 16.5. The van der Waals surface area contributed by atoms with Crippen LogP contribution in [0.15, 0.2) is 24.3 Å². The molecule has 1 aliphatic heterocycles. The molecule has 0 bridgehead atoms. The Bertz CT molecular complexity index is 599. The summed E-state index contributed by atoms with van der Waals surface area (Å²) in [6.07, 6.45) is 7.18. The maximum absolute atomic E-state index is 13.0. The number of phenolic OH excluding ortho intramolecular Hbond substituents is 1. The molecule has 2 saturated carbocycles. The lowest BCUT2D eigenvalue weighted by molar-refractivity contribution is 0.0536. The van der Waals surface area contributed by atoms with Crippen molar-refractivity contribution in [3.8, 4) is 5.75 Å². The van der Waals surface area contributed by atoms with Crippen LogP contribution < -0.4 is 5.32 Å². The lowest BCUT2D eigenvalue weighted by Crippen LogP contribution is -2.50. The minimum Gasteiger partial charge on any atom is -0.508 e. The number of hydrogen-bond donors (Lipinski definition) is 2. The maximum Gasteiger partial charge on any atom is 0.317 e. The van der Waals surface area contributed by atoms with Crippen LogP contribution in [-0.2, 0) is 11.3 Å². The van der Waals surface area contributed by atoms with E-state index in [9.17, 15) is 9.90 Å². The summed E-state index contributed by atoms with van der Waals surface area (Å²) in [6, 6.07) is 7.45. The van der Waals surface area contributed by atoms with Crippen molar-refractivity contribution in [1.82, 2.24) is 10.2 Å². The third-order valence-corrected chi connectivity index (χ3v) is 5.86. The van der Waals surface area contributed by atoms with Crippen LogP contribution in [-0.4, -0.2) is 41.3 Å². The van der Waals surface area contributed by atoms with Crippen molar-refractivity contribution in [3.05, 3.63) is 29.8 Å². The van der Waals surface area contributed by atoms with Gasteiger partial charge in [0.1, 0.15) is 5.75 Å². The van der Waals surface area contributed by atoms with E-state index >= 15 is 0 Å². The van der Waals surface area contributed by atoms with Gasteiger partial charge >= 0.3 is 6.03 Å². The molecule has 0 spiro atoms. The molecule has 5 heteroatoms. The Labute approximate surface area is 149 Å². The van der Waals surface area contributed by atoms with Gasteiger partial charge in [-0.3, -0.25) is 0 Å². The van der Waals surface area contributed by atoms with E-state index in [1.54, 1.807) is 12.1 Å². The molecule has 1 aromatic carbocycles. The fourth-order valence-corrected chi connectivity index (χ4v) is 4.26. The number of fused-ring (bicyclic) bond motifs is 1. The Balaban J connectivity index is 1.41. The highest BCUT2D eigenvalue weighted by Crippen LogP contribution is 2.35. The minimum atomic E-state index is 0.0533. The number of benzene rings is 1. The van der Waals surface area contributed by atoms with Crippen molar-refractivity contribution >= 4 is 6.03 Å². The van der Waals surface area contributed by atoms with Gasteiger partial charge in [0.25, 0.3) is 0 Å². The summed E-state index contributed by atoms with van der Waals surface area (Å²) in [6.45, 7) is 2.25. The number of amides is 2. The SMILES string of the molecule is O=C(NC1CCCC2OCCC12)N(Cc1ccc(O)cc1)CC1CC1. The molecule has 2 N–H and O–H groups in total. The molecule has 2 aliphatic carbocycles. The molecule has 136 valence electrons. The van der Waals surface area contributed by atoms with Crippen LogP contribution in [0.3, 0.4) is 0 Å². The average Bonchev–Trinajstić information content (AvgIpc) is 3.29. The Morgan fingerprint density at radius 2 is 1.96 bits per heavy atom. The molecular formula is C20H28N2O3. The zero-order valence-corrected chi connectivity index (χ0v) is 14.7. The fraction of sp³-hybridized carbons (Fsp3) is 0.650. The molecule has 2 amide bonds. The molecule has 3 aliphatic rings. The monoisotopic (exact) mass is 344 g/mol. The Morgan fingerprint density at radius 1 is 1.16 bits per heavy atom. The quantitative estimate of drug-likeness (QED) is 0.862. The number of carbonyl (C=O) groups excluding carboxylic acids is 1. The van der Waals surface area contributed by atoms with E-state index in [0.717, 1.165) is 44.4 Å². The van der Waals surface area contributed by atoms with Gasteiger partial charge in [-0.1, -0.05) is 12.1 Å². The van der Waals surface area contributed by atoms with Crippen molar-refractivity contribution < 1.29 is 14.6 Å². The first-order valence-corrected chi connectivity index (χ1v) is 9.64. The molecule has 1 heterocycles. The van der Waals surface area contributed by atoms with Gasteiger partial charge in [-0.25, -0.2) is 4.79 Å². The number of hydrogen-bond acceptors (Lipinski definition) is 3. The highest BCUT2D eigenvalue weighted by molar-refractivity contribution is 5.74. The van der Waals surface area contributed by atoms with Gasteiger partial charge in [0.05, 0.1) is 6.10 Å². The molecule has 0 radical (unpaired) electrons. The van der Waals surface area contributed by atoms with Crippen molar-refractivity contribution in [2.45, 2.75) is 57.2 Å². The lowest BCUT2D eigenvalue weighted by atomic mass is 9.82. The van der Waals surface area contributed by atoms with Crippen LogP contribution in [0.1, 0.15) is 44.1 Å². The first-order chi connectivity index (χ1) is 12.2. The van der Waals surface area contributed by atoms with E-state index in [2.05, 4.69) is 5.32 Å². The molecule has 1 aromatic rings. The summed E-state index contributed by atoms with van der Waals surface area (Å²) < 4.78 is 5.82. The minimum absolute atomic E-state index is 0.0533. The summed E-state index contributed by atoms with van der Waals surface area (Å²) in [7, 11) is 0. The van der Waals surface area contributed by atoms with Gasteiger partial charge in [0, 0.05) is 31.7 Å². The maximum atomic E-state index is 13.0. The first-order valence-electron chi connectivity index (χ1n) is 9.64. The summed E-state index contributed by atoms with van der Waals surface area (Å²) in [5.41, 5.74) is 1.05. The van der Waals surface area contributed by atoms with E-state index in [1.807, 2.05) is 17.0 Å². The number of nitrogens with zero attached hydrogens (tertiary/aromatic N) is 1. The topological polar surface area (TPSA) is 61.8 Å². The second kappa shape index (κ2) is 7.24. The molecule has 3 unspecified atom stereocenters. The van der Waals surface area contributed by atoms with Gasteiger partial charge in [-0.15, -0.1) is 0 Å². The third-order valence-electron chi connectivity index (χ3n) is 5.86. The van der Waals surface area contributed by atoms with Crippen molar-refractivity contribution in [2.24, 2.45) is 11.8 Å². The standard InChI is InChI=1S/C20H28N2O3/c23-16-8-6-15(7-9-16)13-22(12-14-4-5-14)20(24)21-18-2-1-3-19-17(18)10-11-25-19/h6-9,14,17-19,23H,1-5,10-13H2,(H,21,24). The van der Waals surface area contributed by atoms with Crippen LogP contribution in [0.5, 0.6) is 5.75 Å². The van der Waals surface area contributed by atoms with Crippen molar-refractivity contribution in [3.63, 3.8) is 0 Å². The number of aromatic hydroxyl groups is 1. The van der Waals surface area contributed by atoms with E-state index in [0.29, 0.717) is 24.5 Å². The normalized spacial score (nSPS) is 28.4. The first kappa shape index (κ1) is 16.7. The van der Waals surface area contributed by atoms with E-state index < -0.39 is 0 Å². The number of rotatable bonds is 5. The molecule has 1 saturated heterocycles. The zero-order valence-electron chi connectivity index (χ0n) is 14.7. The van der Waals surface area contributed by atoms with Gasteiger partial charge < -0.3 is 20.1 Å². The van der Waals surface area contributed by atoms with Crippen LogP contribution in [0.4, 0.5) is 4.79 Å². The predicted molar refractivity (Wildman–Crippen MR) is 95.3 cm³/mol. The highest BCUT2D eigenvalue weighted by Gasteiger charge is 2.39. The summed E-state index contributed by atoms with van der Waals surface area (Å²) in [5, 5.41) is 12.8. The molecular weight excluding hydrogens is 316 g/mol. The third kappa shape index (κ3) is 4.09. The van der Waals surface area contributed by atoms with E-state index in [1.165, 1.54) is 12.8 Å². The van der Waals surface area contributed by atoms with Gasteiger partial charge in [0.15, 0.2) is 0 Å². The summed E-state index contributed by atoms with van der Waals surface area (Å²) in [4.78, 5) is 14.9. The van der Waals surface area contributed by atoms with E-state index in [-0.39, 0.29) is 17.8 Å². The molecule has 25 heavy (non-hydrogen) atoms. The predicted octanol–water partition coefficient (Wildman–Crippen LogP) is 3.27. The Kier molecular flexibility index (Phi) is 4.84. The van der Waals surface area contributed by atoms with Crippen molar-refractivity contribution in [2.75, 3.05) is 13.2 Å². The molecule has 3 atom stereocenters. The zero-order chi connectivity index (χ0) is 17.2. The molecule has 3 fully saturated rings. The largest absolute Gasteiger partial charge is 0.508 e. The van der Waals surface area contributed by atoms with Gasteiger partial charge in [0.2, 0.25) is 0 Å². The number of ether oxygens (including phenoxy) is 1. The van der Waals surface area contributed by atoms with E-state index in [4.69, 9.17) is 4.74 Å². The number of urea groups is 1. The second-order valence-corrected chi connectivity index (χ2v) is 7.84. The Morgan fingerprint density at radius 3 is 2.72 bits per heavy atom. The second-order valence-electron chi connectivity index (χ2n) is 7.84. The van der Waals surface area contributed by atoms with Crippen LogP contribution >= 0.6 is 0 Å². The smallest absolute Gasteiger partial charge is 0.317 e. The number of carbonyl (C=O) groups is 1. The van der Waals surface area contributed by atoms with Crippen LogP contribution in [0.2, 0.25) is 0 Å². The fourth-order valence-electron chi connectivity index (χ4n) is 4.26. The van der Waals surface area contributed by atoms with Gasteiger partial charge in [-0.05, 0) is 62.1 Å². The molecule has 4 rings (SSSR count). The number of phenols is 1. The average molecular weight is 344 g/mol. The molecule has 5 nitrogen and oxygen atoms in total. The lowest BCUT2D eigenvalue weighted by Gasteiger charge is -2.35. The molecule has 0 aromatic heterocycles. The Hall–Kier alpha value is -1.75. The van der Waals surface area contributed by atoms with Crippen LogP contribution in [0, 0.1) is 11.8 Å². The summed E-state index contributed by atoms with van der Waals surface area (Å²) >= 11 is 0. The van der Waals surface area contributed by atoms with Crippen molar-refractivity contribution in [1.29, 1.82) is 0 Å². The summed E-state index contributed by atoms with van der Waals surface area (Å²) in [5.74, 6) is 1.39. The van der Waals surface area contributed by atoms with Gasteiger partial charge in [-0.2, -0.15) is 0 Å². The van der Waals surface area contributed by atoms with Crippen LogP contribution in [0.25, 0.3) is 0 Å². The number of nitrogens with one attached hydrogen (secondary N) is 1.